The highest BCUT2D eigenvalue weighted by atomic mass is 16.5. The molecule has 0 radical (unpaired) electrons. The Labute approximate surface area is 230 Å². The van der Waals surface area contributed by atoms with E-state index in [9.17, 15) is 4.79 Å². The lowest BCUT2D eigenvalue weighted by Crippen LogP contribution is -2.28. The third-order valence-electron chi connectivity index (χ3n) is 6.94. The Morgan fingerprint density at radius 2 is 1.62 bits per heavy atom. The molecule has 5 nitrogen and oxygen atoms in total. The van der Waals surface area contributed by atoms with Crippen LogP contribution in [0.1, 0.15) is 28.9 Å². The summed E-state index contributed by atoms with van der Waals surface area (Å²) in [4.78, 5) is 17.5. The van der Waals surface area contributed by atoms with Gasteiger partial charge in [-0.25, -0.2) is 4.98 Å². The predicted molar refractivity (Wildman–Crippen MR) is 158 cm³/mol. The number of hydrogen-bond acceptors (Lipinski definition) is 3. The lowest BCUT2D eigenvalue weighted by molar-refractivity contribution is -0.120. The number of rotatable bonds is 11. The van der Waals surface area contributed by atoms with Gasteiger partial charge in [-0.2, -0.15) is 0 Å². The quantitative estimate of drug-likeness (QED) is 0.199. The van der Waals surface area contributed by atoms with Gasteiger partial charge in [-0.15, -0.1) is 0 Å². The van der Waals surface area contributed by atoms with Crippen LogP contribution in [-0.4, -0.2) is 28.6 Å². The second kappa shape index (κ2) is 12.4. The van der Waals surface area contributed by atoms with Crippen LogP contribution in [0.15, 0.2) is 97.1 Å². The molecule has 5 aromatic rings. The van der Waals surface area contributed by atoms with E-state index in [2.05, 4.69) is 66.2 Å². The van der Waals surface area contributed by atoms with Crippen molar-refractivity contribution in [1.82, 2.24) is 14.9 Å². The Kier molecular flexibility index (Phi) is 8.37. The van der Waals surface area contributed by atoms with Gasteiger partial charge in [0.1, 0.15) is 11.6 Å². The molecule has 0 aliphatic heterocycles. The summed E-state index contributed by atoms with van der Waals surface area (Å²) in [6.45, 7) is 6.16. The zero-order valence-corrected chi connectivity index (χ0v) is 22.7. The number of amides is 1. The molecule has 0 saturated heterocycles. The van der Waals surface area contributed by atoms with Gasteiger partial charge < -0.3 is 14.6 Å². The summed E-state index contributed by atoms with van der Waals surface area (Å²) in [5.41, 5.74) is 7.82. The first kappa shape index (κ1) is 26.2. The number of ether oxygens (including phenoxy) is 1. The summed E-state index contributed by atoms with van der Waals surface area (Å²) in [5.74, 6) is 1.94. The fourth-order valence-corrected chi connectivity index (χ4v) is 4.94. The molecule has 0 aliphatic rings. The molecular weight excluding hydrogens is 482 g/mol. The predicted octanol–water partition coefficient (Wildman–Crippen LogP) is 6.69. The Hall–Kier alpha value is -4.38. The number of nitrogens with zero attached hydrogens (tertiary/aromatic N) is 2. The van der Waals surface area contributed by atoms with Crippen molar-refractivity contribution in [3.8, 4) is 16.9 Å². The molecule has 0 atom stereocenters. The molecule has 0 fully saturated rings. The maximum atomic E-state index is 12.7. The van der Waals surface area contributed by atoms with Crippen molar-refractivity contribution in [2.45, 2.75) is 39.7 Å². The molecule has 4 aromatic carbocycles. The van der Waals surface area contributed by atoms with Crippen LogP contribution in [0, 0.1) is 13.8 Å². The van der Waals surface area contributed by atoms with E-state index in [0.29, 0.717) is 26.0 Å². The number of nitrogens with one attached hydrogen (secondary N) is 1. The summed E-state index contributed by atoms with van der Waals surface area (Å²) < 4.78 is 8.31. The molecule has 1 N–H and O–H groups in total. The normalized spacial score (nSPS) is 11.0. The highest BCUT2D eigenvalue weighted by Gasteiger charge is 2.12. The minimum Gasteiger partial charge on any atom is -0.493 e. The van der Waals surface area contributed by atoms with E-state index < -0.39 is 0 Å². The van der Waals surface area contributed by atoms with Crippen LogP contribution in [0.4, 0.5) is 0 Å². The fourth-order valence-electron chi connectivity index (χ4n) is 4.94. The van der Waals surface area contributed by atoms with Gasteiger partial charge in [-0.05, 0) is 60.7 Å². The van der Waals surface area contributed by atoms with Gasteiger partial charge >= 0.3 is 0 Å². The van der Waals surface area contributed by atoms with Gasteiger partial charge in [0, 0.05) is 19.5 Å². The third-order valence-corrected chi connectivity index (χ3v) is 6.94. The molecule has 39 heavy (non-hydrogen) atoms. The van der Waals surface area contributed by atoms with Crippen LogP contribution in [-0.2, 0) is 24.2 Å². The first-order chi connectivity index (χ1) is 19.1. The molecule has 0 aliphatic carbocycles. The molecule has 1 amide bonds. The number of carbonyl (C=O) groups excluding carboxylic acids is 1. The molecule has 5 heteroatoms. The van der Waals surface area contributed by atoms with Gasteiger partial charge in [0.05, 0.1) is 24.1 Å². The zero-order valence-electron chi connectivity index (χ0n) is 22.7. The van der Waals surface area contributed by atoms with E-state index in [4.69, 9.17) is 9.72 Å². The fraction of sp³-hybridized carbons (Fsp3) is 0.235. The SMILES string of the molecule is Cc1ccc(OCCCn2c(CCNC(=O)Cc3ccc(-c4ccccc4)cc3)nc3ccccc32)c(C)c1. The van der Waals surface area contributed by atoms with Crippen molar-refractivity contribution in [1.29, 1.82) is 0 Å². The highest BCUT2D eigenvalue weighted by Crippen LogP contribution is 2.21. The first-order valence-electron chi connectivity index (χ1n) is 13.6. The van der Waals surface area contributed by atoms with Crippen LogP contribution in [0.2, 0.25) is 0 Å². The van der Waals surface area contributed by atoms with Crippen molar-refractivity contribution >= 4 is 16.9 Å². The topological polar surface area (TPSA) is 56.1 Å². The summed E-state index contributed by atoms with van der Waals surface area (Å²) >= 11 is 0. The average molecular weight is 518 g/mol. The van der Waals surface area contributed by atoms with Crippen LogP contribution in [0.5, 0.6) is 5.75 Å². The van der Waals surface area contributed by atoms with Crippen LogP contribution >= 0.6 is 0 Å². The second-order valence-electron chi connectivity index (χ2n) is 9.98. The maximum Gasteiger partial charge on any atom is 0.224 e. The number of aryl methyl sites for hydroxylation is 3. The molecule has 5 rings (SSSR count). The number of hydrogen-bond donors (Lipinski definition) is 1. The maximum absolute atomic E-state index is 12.7. The summed E-state index contributed by atoms with van der Waals surface area (Å²) in [6.07, 6.45) is 1.90. The zero-order chi connectivity index (χ0) is 27.0. The van der Waals surface area contributed by atoms with Crippen molar-refractivity contribution in [2.24, 2.45) is 0 Å². The average Bonchev–Trinajstić information content (AvgIpc) is 3.30. The van der Waals surface area contributed by atoms with E-state index in [1.54, 1.807) is 0 Å². The van der Waals surface area contributed by atoms with Crippen molar-refractivity contribution in [3.63, 3.8) is 0 Å². The lowest BCUT2D eigenvalue weighted by Gasteiger charge is -2.12. The van der Waals surface area contributed by atoms with Crippen LogP contribution in [0.3, 0.4) is 0 Å². The van der Waals surface area contributed by atoms with Gasteiger partial charge in [-0.3, -0.25) is 4.79 Å². The number of para-hydroxylation sites is 2. The Morgan fingerprint density at radius 3 is 2.41 bits per heavy atom. The second-order valence-corrected chi connectivity index (χ2v) is 9.98. The van der Waals surface area contributed by atoms with Crippen molar-refractivity contribution < 1.29 is 9.53 Å². The number of benzene rings is 4. The Bertz CT molecular complexity index is 1540. The van der Waals surface area contributed by atoms with E-state index in [1.807, 2.05) is 54.6 Å². The monoisotopic (exact) mass is 517 g/mol. The summed E-state index contributed by atoms with van der Waals surface area (Å²) in [7, 11) is 0. The molecule has 198 valence electrons. The highest BCUT2D eigenvalue weighted by molar-refractivity contribution is 5.79. The third kappa shape index (κ3) is 6.74. The van der Waals surface area contributed by atoms with Gasteiger partial charge in [0.25, 0.3) is 0 Å². The molecule has 1 heterocycles. The minimum atomic E-state index is 0.0204. The van der Waals surface area contributed by atoms with E-state index in [-0.39, 0.29) is 5.91 Å². The standard InChI is InChI=1S/C34H35N3O2/c1-25-13-18-32(26(2)23-25)39-22-8-21-37-31-12-7-6-11-30(31)36-33(37)19-20-35-34(38)24-27-14-16-29(17-15-27)28-9-4-3-5-10-28/h3-7,9-18,23H,8,19-22,24H2,1-2H3,(H,35,38). The smallest absolute Gasteiger partial charge is 0.224 e. The minimum absolute atomic E-state index is 0.0204. The lowest BCUT2D eigenvalue weighted by atomic mass is 10.0. The number of fused-ring (bicyclic) bond motifs is 1. The number of aromatic nitrogens is 2. The van der Waals surface area contributed by atoms with Crippen LogP contribution < -0.4 is 10.1 Å². The first-order valence-corrected chi connectivity index (χ1v) is 13.6. The molecular formula is C34H35N3O2. The van der Waals surface area contributed by atoms with Crippen LogP contribution in [0.25, 0.3) is 22.2 Å². The summed E-state index contributed by atoms with van der Waals surface area (Å²) in [6, 6.07) is 32.9. The number of carbonyl (C=O) groups is 1. The largest absolute Gasteiger partial charge is 0.493 e. The number of imidazole rings is 1. The van der Waals surface area contributed by atoms with Crippen molar-refractivity contribution in [3.05, 3.63) is 120 Å². The Morgan fingerprint density at radius 1 is 0.872 bits per heavy atom. The van der Waals surface area contributed by atoms with E-state index >= 15 is 0 Å². The molecule has 0 saturated carbocycles. The van der Waals surface area contributed by atoms with Crippen molar-refractivity contribution in [2.75, 3.05) is 13.2 Å². The van der Waals surface area contributed by atoms with Gasteiger partial charge in [0.2, 0.25) is 5.91 Å². The van der Waals surface area contributed by atoms with E-state index in [1.165, 1.54) is 11.1 Å². The van der Waals surface area contributed by atoms with E-state index in [0.717, 1.165) is 52.3 Å². The van der Waals surface area contributed by atoms with Gasteiger partial charge in [0.15, 0.2) is 0 Å². The molecule has 0 spiro atoms. The molecule has 0 unspecified atom stereocenters. The van der Waals surface area contributed by atoms with Gasteiger partial charge in [-0.1, -0.05) is 84.4 Å². The molecule has 1 aromatic heterocycles. The molecule has 0 bridgehead atoms. The Balaban J connectivity index is 1.15. The summed E-state index contributed by atoms with van der Waals surface area (Å²) in [5, 5.41) is 3.08.